The van der Waals surface area contributed by atoms with Gasteiger partial charge in [-0.1, -0.05) is 17.7 Å². The first-order valence-corrected chi connectivity index (χ1v) is 10.3. The molecule has 0 aliphatic rings. The molecule has 0 radical (unpaired) electrons. The number of nitrogens with zero attached hydrogens (tertiary/aromatic N) is 4. The molecule has 0 aliphatic heterocycles. The zero-order chi connectivity index (χ0) is 20.9. The highest BCUT2D eigenvalue weighted by atomic mass is 32.1. The fourth-order valence-corrected chi connectivity index (χ4v) is 4.64. The summed E-state index contributed by atoms with van der Waals surface area (Å²) in [5.74, 6) is -0.199. The van der Waals surface area contributed by atoms with Crippen LogP contribution in [-0.2, 0) is 7.05 Å². The fourth-order valence-electron chi connectivity index (χ4n) is 3.94. The van der Waals surface area contributed by atoms with Crippen LogP contribution < -0.4 is 5.32 Å². The quantitative estimate of drug-likeness (QED) is 0.527. The topological polar surface area (TPSA) is 72.7 Å². The maximum atomic E-state index is 13.1. The number of benzene rings is 1. The minimum atomic E-state index is -0.199. The van der Waals surface area contributed by atoms with Crippen molar-refractivity contribution < 1.29 is 4.79 Å². The van der Waals surface area contributed by atoms with Crippen molar-refractivity contribution in [2.75, 3.05) is 5.32 Å². The Balaban J connectivity index is 1.69. The molecule has 4 aromatic rings. The van der Waals surface area contributed by atoms with Crippen molar-refractivity contribution in [2.45, 2.75) is 34.6 Å². The number of thiazole rings is 1. The Kier molecular flexibility index (Phi) is 4.70. The summed E-state index contributed by atoms with van der Waals surface area (Å²) in [5.41, 5.74) is 8.44. The molecule has 1 aromatic carbocycles. The highest BCUT2D eigenvalue weighted by molar-refractivity contribution is 7.14. The van der Waals surface area contributed by atoms with E-state index in [1.807, 2.05) is 26.3 Å². The second-order valence-corrected chi connectivity index (χ2v) is 8.34. The van der Waals surface area contributed by atoms with E-state index in [4.69, 9.17) is 0 Å². The van der Waals surface area contributed by atoms with Crippen LogP contribution in [0, 0.1) is 34.6 Å². The van der Waals surface area contributed by atoms with Crippen LogP contribution in [-0.4, -0.2) is 25.7 Å². The minimum absolute atomic E-state index is 0.199. The van der Waals surface area contributed by atoms with Gasteiger partial charge in [-0.3, -0.25) is 14.8 Å². The molecule has 1 N–H and O–H groups in total. The molecule has 0 fully saturated rings. The average molecular weight is 406 g/mol. The molecule has 0 saturated carbocycles. The van der Waals surface area contributed by atoms with Crippen molar-refractivity contribution in [3.8, 4) is 11.3 Å². The maximum Gasteiger partial charge on any atom is 0.258 e. The predicted molar refractivity (Wildman–Crippen MR) is 118 cm³/mol. The summed E-state index contributed by atoms with van der Waals surface area (Å²) in [4.78, 5) is 22.3. The first-order chi connectivity index (χ1) is 13.7. The molecule has 0 bridgehead atoms. The largest absolute Gasteiger partial charge is 0.298 e. The van der Waals surface area contributed by atoms with E-state index >= 15 is 0 Å². The van der Waals surface area contributed by atoms with E-state index in [2.05, 4.69) is 53.3 Å². The molecule has 148 valence electrons. The molecule has 0 saturated heterocycles. The zero-order valence-corrected chi connectivity index (χ0v) is 18.2. The lowest BCUT2D eigenvalue weighted by atomic mass is 9.98. The van der Waals surface area contributed by atoms with Gasteiger partial charge in [-0.2, -0.15) is 5.10 Å². The van der Waals surface area contributed by atoms with E-state index in [0.29, 0.717) is 16.3 Å². The highest BCUT2D eigenvalue weighted by Gasteiger charge is 2.19. The number of carbonyl (C=O) groups is 1. The van der Waals surface area contributed by atoms with Crippen LogP contribution in [0.2, 0.25) is 0 Å². The van der Waals surface area contributed by atoms with Gasteiger partial charge in [0.15, 0.2) is 10.8 Å². The molecule has 29 heavy (non-hydrogen) atoms. The molecule has 0 aliphatic carbocycles. The number of anilines is 1. The number of carbonyl (C=O) groups excluding carboxylic acids is 1. The number of aromatic nitrogens is 4. The van der Waals surface area contributed by atoms with E-state index in [9.17, 15) is 4.79 Å². The van der Waals surface area contributed by atoms with Crippen LogP contribution in [0.25, 0.3) is 22.3 Å². The SMILES string of the molecule is Cc1cc(C)c(-c2csc(NC(=O)c3cc(C)nc4c3c(C)nn4C)n2)c(C)c1. The molecule has 4 rings (SSSR count). The number of pyridine rings is 1. The van der Waals surface area contributed by atoms with Gasteiger partial charge in [0.05, 0.1) is 22.3 Å². The predicted octanol–water partition coefficient (Wildman–Crippen LogP) is 4.89. The number of amides is 1. The molecule has 0 spiro atoms. The third kappa shape index (κ3) is 3.42. The molecule has 3 heterocycles. The van der Waals surface area contributed by atoms with Crippen LogP contribution in [0.3, 0.4) is 0 Å². The van der Waals surface area contributed by atoms with Crippen molar-refractivity contribution in [3.05, 3.63) is 57.2 Å². The van der Waals surface area contributed by atoms with Crippen LogP contribution in [0.5, 0.6) is 0 Å². The summed E-state index contributed by atoms with van der Waals surface area (Å²) in [6.45, 7) is 10.0. The van der Waals surface area contributed by atoms with E-state index in [1.54, 1.807) is 10.7 Å². The Labute approximate surface area is 173 Å². The summed E-state index contributed by atoms with van der Waals surface area (Å²) < 4.78 is 1.71. The number of nitrogens with one attached hydrogen (secondary N) is 1. The number of hydrogen-bond donors (Lipinski definition) is 1. The Morgan fingerprint density at radius 2 is 1.72 bits per heavy atom. The van der Waals surface area contributed by atoms with Crippen molar-refractivity contribution in [2.24, 2.45) is 7.05 Å². The van der Waals surface area contributed by atoms with Crippen LogP contribution in [0.1, 0.15) is 38.4 Å². The Morgan fingerprint density at radius 1 is 1.03 bits per heavy atom. The van der Waals surface area contributed by atoms with Crippen molar-refractivity contribution in [1.82, 2.24) is 19.7 Å². The van der Waals surface area contributed by atoms with Gasteiger partial charge < -0.3 is 0 Å². The molecule has 3 aromatic heterocycles. The summed E-state index contributed by atoms with van der Waals surface area (Å²) in [6.07, 6.45) is 0. The Hall–Kier alpha value is -3.06. The molecular formula is C22H23N5OS. The van der Waals surface area contributed by atoms with Gasteiger partial charge in [-0.25, -0.2) is 9.97 Å². The lowest BCUT2D eigenvalue weighted by Gasteiger charge is -2.09. The van der Waals surface area contributed by atoms with Crippen LogP contribution >= 0.6 is 11.3 Å². The Morgan fingerprint density at radius 3 is 2.41 bits per heavy atom. The molecule has 0 unspecified atom stereocenters. The van der Waals surface area contributed by atoms with E-state index < -0.39 is 0 Å². The fraction of sp³-hybridized carbons (Fsp3) is 0.273. The van der Waals surface area contributed by atoms with E-state index in [0.717, 1.165) is 28.0 Å². The molecular weight excluding hydrogens is 382 g/mol. The zero-order valence-electron chi connectivity index (χ0n) is 17.4. The van der Waals surface area contributed by atoms with Crippen molar-refractivity contribution in [1.29, 1.82) is 0 Å². The second-order valence-electron chi connectivity index (χ2n) is 7.48. The summed E-state index contributed by atoms with van der Waals surface area (Å²) in [6, 6.07) is 6.11. The maximum absolute atomic E-state index is 13.1. The molecule has 1 amide bonds. The number of fused-ring (bicyclic) bond motifs is 1. The average Bonchev–Trinajstić information content (AvgIpc) is 3.18. The van der Waals surface area contributed by atoms with Crippen molar-refractivity contribution in [3.63, 3.8) is 0 Å². The third-order valence-electron chi connectivity index (χ3n) is 5.00. The Bertz CT molecular complexity index is 1240. The monoisotopic (exact) mass is 405 g/mol. The minimum Gasteiger partial charge on any atom is -0.298 e. The lowest BCUT2D eigenvalue weighted by molar-refractivity contribution is 0.102. The van der Waals surface area contributed by atoms with Gasteiger partial charge in [0.1, 0.15) is 0 Å². The standard InChI is InChI=1S/C22H23N5OS/c1-11-7-12(2)18(13(3)8-11)17-10-29-22(24-17)25-21(28)16-9-14(4)23-20-19(16)15(5)26-27(20)6/h7-10H,1-6H3,(H,24,25,28). The first kappa shape index (κ1) is 19.3. The lowest BCUT2D eigenvalue weighted by Crippen LogP contribution is -2.13. The van der Waals surface area contributed by atoms with Crippen LogP contribution in [0.15, 0.2) is 23.6 Å². The number of aryl methyl sites for hydroxylation is 6. The van der Waals surface area contributed by atoms with Gasteiger partial charge in [-0.15, -0.1) is 11.3 Å². The van der Waals surface area contributed by atoms with E-state index in [1.165, 1.54) is 28.0 Å². The van der Waals surface area contributed by atoms with Gasteiger partial charge in [0.25, 0.3) is 5.91 Å². The summed E-state index contributed by atoms with van der Waals surface area (Å²) in [7, 11) is 1.84. The van der Waals surface area contributed by atoms with Gasteiger partial charge in [-0.05, 0) is 51.8 Å². The summed E-state index contributed by atoms with van der Waals surface area (Å²) >= 11 is 1.43. The van der Waals surface area contributed by atoms with Gasteiger partial charge in [0.2, 0.25) is 0 Å². The van der Waals surface area contributed by atoms with E-state index in [-0.39, 0.29) is 5.91 Å². The molecule has 0 atom stereocenters. The first-order valence-electron chi connectivity index (χ1n) is 9.40. The highest BCUT2D eigenvalue weighted by Crippen LogP contribution is 2.31. The van der Waals surface area contributed by atoms with Crippen molar-refractivity contribution >= 4 is 33.4 Å². The molecule has 6 nitrogen and oxygen atoms in total. The smallest absolute Gasteiger partial charge is 0.258 e. The van der Waals surface area contributed by atoms with Gasteiger partial charge >= 0.3 is 0 Å². The second kappa shape index (κ2) is 7.08. The molecule has 7 heteroatoms. The van der Waals surface area contributed by atoms with Crippen LogP contribution in [0.4, 0.5) is 5.13 Å². The third-order valence-corrected chi connectivity index (χ3v) is 5.76. The van der Waals surface area contributed by atoms with Gasteiger partial charge in [0, 0.05) is 23.7 Å². The normalized spacial score (nSPS) is 11.2. The summed E-state index contributed by atoms with van der Waals surface area (Å²) in [5, 5.41) is 10.7. The number of hydrogen-bond acceptors (Lipinski definition) is 5. The number of rotatable bonds is 3.